The minimum Gasteiger partial charge on any atom is -0.303 e. The highest BCUT2D eigenvalue weighted by Gasteiger charge is 2.16. The van der Waals surface area contributed by atoms with E-state index in [0.717, 1.165) is 15.2 Å². The van der Waals surface area contributed by atoms with Crippen molar-refractivity contribution in [3.05, 3.63) is 49.9 Å². The van der Waals surface area contributed by atoms with Crippen LogP contribution in [0.4, 0.5) is 0 Å². The van der Waals surface area contributed by atoms with Gasteiger partial charge in [-0.3, -0.25) is 0 Å². The van der Waals surface area contributed by atoms with Crippen LogP contribution in [-0.4, -0.2) is 4.98 Å². The summed E-state index contributed by atoms with van der Waals surface area (Å²) in [5.74, 6) is 0. The van der Waals surface area contributed by atoms with Gasteiger partial charge < -0.3 is 5.32 Å². The zero-order valence-electron chi connectivity index (χ0n) is 11.7. The molecule has 0 bridgehead atoms. The molecule has 1 aromatic carbocycles. The summed E-state index contributed by atoms with van der Waals surface area (Å²) in [6.07, 6.45) is 0. The summed E-state index contributed by atoms with van der Waals surface area (Å²) in [4.78, 5) is 5.83. The molecule has 0 saturated heterocycles. The first-order valence-electron chi connectivity index (χ1n) is 6.43. The molecule has 1 unspecified atom stereocenters. The van der Waals surface area contributed by atoms with E-state index in [0.29, 0.717) is 12.1 Å². The highest BCUT2D eigenvalue weighted by atomic mass is 79.9. The van der Waals surface area contributed by atoms with Crippen molar-refractivity contribution in [3.63, 3.8) is 0 Å². The summed E-state index contributed by atoms with van der Waals surface area (Å²) in [6, 6.07) is 8.96. The molecule has 2 atom stereocenters. The Labute approximate surface area is 127 Å². The fourth-order valence-electron chi connectivity index (χ4n) is 2.32. The van der Waals surface area contributed by atoms with Gasteiger partial charge in [0.15, 0.2) is 0 Å². The number of aryl methyl sites for hydroxylation is 2. The highest BCUT2D eigenvalue weighted by Crippen LogP contribution is 2.29. The summed E-state index contributed by atoms with van der Waals surface area (Å²) in [5.41, 5.74) is 2.43. The highest BCUT2D eigenvalue weighted by molar-refractivity contribution is 9.10. The molecule has 0 aliphatic rings. The lowest BCUT2D eigenvalue weighted by Crippen LogP contribution is -2.22. The van der Waals surface area contributed by atoms with Crippen LogP contribution in [0.5, 0.6) is 0 Å². The maximum absolute atomic E-state index is 4.50. The number of hydrogen-bond donors (Lipinski definition) is 1. The second-order valence-corrected chi connectivity index (χ2v) is 6.90. The van der Waals surface area contributed by atoms with Crippen LogP contribution in [0.15, 0.2) is 28.7 Å². The lowest BCUT2D eigenvalue weighted by molar-refractivity contribution is 0.497. The summed E-state index contributed by atoms with van der Waals surface area (Å²) < 4.78 is 1.15. The van der Waals surface area contributed by atoms with E-state index >= 15 is 0 Å². The van der Waals surface area contributed by atoms with E-state index in [1.807, 2.05) is 6.07 Å². The van der Waals surface area contributed by atoms with Crippen molar-refractivity contribution < 1.29 is 0 Å². The van der Waals surface area contributed by atoms with Gasteiger partial charge in [0.2, 0.25) is 0 Å². The Kier molecular flexibility index (Phi) is 4.76. The van der Waals surface area contributed by atoms with Crippen molar-refractivity contribution in [3.8, 4) is 0 Å². The Morgan fingerprint density at radius 3 is 2.42 bits per heavy atom. The molecule has 0 radical (unpaired) electrons. The van der Waals surface area contributed by atoms with Gasteiger partial charge in [-0.2, -0.15) is 0 Å². The van der Waals surface area contributed by atoms with Gasteiger partial charge in [0, 0.05) is 21.4 Å². The second kappa shape index (κ2) is 6.16. The zero-order chi connectivity index (χ0) is 14.0. The first kappa shape index (κ1) is 14.7. The van der Waals surface area contributed by atoms with Crippen molar-refractivity contribution >= 4 is 27.3 Å². The molecule has 0 spiro atoms. The fraction of sp³-hybridized carbons (Fsp3) is 0.400. The van der Waals surface area contributed by atoms with Crippen LogP contribution < -0.4 is 5.32 Å². The fourth-order valence-corrected chi connectivity index (χ4v) is 3.88. The molecule has 0 saturated carbocycles. The van der Waals surface area contributed by atoms with Crippen molar-refractivity contribution in [1.82, 2.24) is 10.3 Å². The Morgan fingerprint density at radius 2 is 1.84 bits per heavy atom. The van der Waals surface area contributed by atoms with E-state index < -0.39 is 0 Å². The van der Waals surface area contributed by atoms with Crippen LogP contribution >= 0.6 is 27.3 Å². The molecular formula is C15H19BrN2S. The normalized spacial score (nSPS) is 14.4. The number of halogens is 1. The molecule has 0 amide bonds. The second-order valence-electron chi connectivity index (χ2n) is 4.81. The lowest BCUT2D eigenvalue weighted by Gasteiger charge is -2.21. The van der Waals surface area contributed by atoms with Crippen molar-refractivity contribution in [2.24, 2.45) is 0 Å². The van der Waals surface area contributed by atoms with Gasteiger partial charge >= 0.3 is 0 Å². The molecule has 2 aromatic rings. The van der Waals surface area contributed by atoms with E-state index in [1.165, 1.54) is 10.4 Å². The predicted octanol–water partition coefficient (Wildman–Crippen LogP) is 4.93. The molecule has 2 rings (SSSR count). The quantitative estimate of drug-likeness (QED) is 0.854. The van der Waals surface area contributed by atoms with Gasteiger partial charge in [0.25, 0.3) is 0 Å². The van der Waals surface area contributed by atoms with E-state index in [-0.39, 0.29) is 0 Å². The van der Waals surface area contributed by atoms with Crippen LogP contribution in [0, 0.1) is 13.8 Å². The molecule has 1 N–H and O–H groups in total. The van der Waals surface area contributed by atoms with Crippen molar-refractivity contribution in [2.45, 2.75) is 39.8 Å². The minimum absolute atomic E-state index is 0.299. The maximum Gasteiger partial charge on any atom is 0.0900 e. The number of rotatable bonds is 4. The summed E-state index contributed by atoms with van der Waals surface area (Å²) >= 11 is 5.39. The molecule has 1 heterocycles. The third-order valence-corrected chi connectivity index (χ3v) is 5.18. The number of nitrogens with one attached hydrogen (secondary N) is 1. The molecule has 4 heteroatoms. The zero-order valence-corrected chi connectivity index (χ0v) is 14.1. The van der Waals surface area contributed by atoms with Gasteiger partial charge in [0.1, 0.15) is 0 Å². The molecule has 0 aliphatic heterocycles. The SMILES string of the molecule is Cc1nc(C)c(C(C)N[C@@H](C)c2ccccc2Br)s1. The molecule has 2 nitrogen and oxygen atoms in total. The van der Waals surface area contributed by atoms with Crippen LogP contribution in [0.1, 0.15) is 47.1 Å². The standard InChI is InChI=1S/C15H19BrN2S/c1-9(13-7-5-6-8-14(13)16)17-10(2)15-11(3)18-12(4)19-15/h5-10,17H,1-4H3/t9-,10?/m0/s1. The van der Waals surface area contributed by atoms with Crippen LogP contribution in [0.25, 0.3) is 0 Å². The Balaban J connectivity index is 2.13. The number of thiazole rings is 1. The molecule has 0 fully saturated rings. The average Bonchev–Trinajstić information content (AvgIpc) is 2.69. The summed E-state index contributed by atoms with van der Waals surface area (Å²) in [5, 5.41) is 4.78. The smallest absolute Gasteiger partial charge is 0.0900 e. The van der Waals surface area contributed by atoms with Crippen LogP contribution in [0.3, 0.4) is 0 Å². The van der Waals surface area contributed by atoms with E-state index in [4.69, 9.17) is 0 Å². The third kappa shape index (κ3) is 3.44. The van der Waals surface area contributed by atoms with Gasteiger partial charge in [-0.25, -0.2) is 4.98 Å². The first-order chi connectivity index (χ1) is 8.99. The largest absolute Gasteiger partial charge is 0.303 e. The topological polar surface area (TPSA) is 24.9 Å². The van der Waals surface area contributed by atoms with Crippen molar-refractivity contribution in [2.75, 3.05) is 0 Å². The van der Waals surface area contributed by atoms with Gasteiger partial charge in [0.05, 0.1) is 10.7 Å². The number of nitrogens with zero attached hydrogens (tertiary/aromatic N) is 1. The average molecular weight is 339 g/mol. The van der Waals surface area contributed by atoms with Crippen LogP contribution in [0.2, 0.25) is 0 Å². The summed E-state index contributed by atoms with van der Waals surface area (Å²) in [6.45, 7) is 8.54. The van der Waals surface area contributed by atoms with Gasteiger partial charge in [-0.05, 0) is 39.3 Å². The van der Waals surface area contributed by atoms with Gasteiger partial charge in [-0.1, -0.05) is 34.1 Å². The monoisotopic (exact) mass is 338 g/mol. The van der Waals surface area contributed by atoms with Crippen molar-refractivity contribution in [1.29, 1.82) is 0 Å². The van der Waals surface area contributed by atoms with E-state index in [1.54, 1.807) is 11.3 Å². The first-order valence-corrected chi connectivity index (χ1v) is 8.04. The maximum atomic E-state index is 4.50. The lowest BCUT2D eigenvalue weighted by atomic mass is 10.1. The minimum atomic E-state index is 0.299. The Bertz CT molecular complexity index is 565. The molecule has 1 aromatic heterocycles. The molecule has 19 heavy (non-hydrogen) atoms. The van der Waals surface area contributed by atoms with Gasteiger partial charge in [-0.15, -0.1) is 11.3 Å². The Morgan fingerprint density at radius 1 is 1.16 bits per heavy atom. The molecule has 102 valence electrons. The number of aromatic nitrogens is 1. The van der Waals surface area contributed by atoms with Crippen LogP contribution in [-0.2, 0) is 0 Å². The molecule has 0 aliphatic carbocycles. The summed E-state index contributed by atoms with van der Waals surface area (Å²) in [7, 11) is 0. The Hall–Kier alpha value is -0.710. The van der Waals surface area contributed by atoms with E-state index in [2.05, 4.69) is 72.1 Å². The predicted molar refractivity (Wildman–Crippen MR) is 85.7 cm³/mol. The number of hydrogen-bond acceptors (Lipinski definition) is 3. The number of benzene rings is 1. The van der Waals surface area contributed by atoms with E-state index in [9.17, 15) is 0 Å². The molecular weight excluding hydrogens is 320 g/mol. The third-order valence-electron chi connectivity index (χ3n) is 3.20.